The molecule has 0 radical (unpaired) electrons. The van der Waals surface area contributed by atoms with E-state index >= 15 is 0 Å². The van der Waals surface area contributed by atoms with Crippen molar-refractivity contribution in [1.29, 1.82) is 0 Å². The molecular formula is C9H8O4Re-2. The summed E-state index contributed by atoms with van der Waals surface area (Å²) in [6.45, 7) is 0. The molecule has 0 bridgehead atoms. The van der Waals surface area contributed by atoms with Crippen molar-refractivity contribution in [2.24, 2.45) is 0 Å². The average molecular weight is 366 g/mol. The molecule has 0 heterocycles. The maximum absolute atomic E-state index is 9.40. The quantitative estimate of drug-likeness (QED) is 0.625. The first-order valence-corrected chi connectivity index (χ1v) is 7.29. The minimum atomic E-state index is -2.97. The third-order valence-corrected chi connectivity index (χ3v) is 2.48. The third kappa shape index (κ3) is 10.8. The largest absolute Gasteiger partial charge is 0.569 e. The summed E-state index contributed by atoms with van der Waals surface area (Å²) in [6, 6.07) is 0. The van der Waals surface area contributed by atoms with Crippen LogP contribution in [0.25, 0.3) is 0 Å². The Labute approximate surface area is 86.0 Å². The van der Waals surface area contributed by atoms with Crippen LogP contribution in [0.4, 0.5) is 0 Å². The Morgan fingerprint density at radius 3 is 1.79 bits per heavy atom. The monoisotopic (exact) mass is 367 g/mol. The molecule has 1 aliphatic carbocycles. The van der Waals surface area contributed by atoms with Gasteiger partial charge in [0.2, 0.25) is 0 Å². The standard InChI is InChI=1S/C5H5.CH3O.3CO.Re/c1-2-4-5-3-1;4*1-2;/h1-3H,4H2;2H,1H2;;;;/q2*-1;;;;. The van der Waals surface area contributed by atoms with Crippen molar-refractivity contribution in [2.75, 3.05) is 0 Å². The molecule has 1 rings (SSSR count). The summed E-state index contributed by atoms with van der Waals surface area (Å²) in [5.41, 5.74) is 0. The van der Waals surface area contributed by atoms with Crippen LogP contribution in [0.5, 0.6) is 0 Å². The number of allylic oxidation sites excluding steroid dienone is 4. The minimum Gasteiger partial charge on any atom is -0.569 e. The minimum absolute atomic E-state index is 1.01. The van der Waals surface area contributed by atoms with Gasteiger partial charge in [-0.15, -0.1) is 6.42 Å². The van der Waals surface area contributed by atoms with Gasteiger partial charge in [-0.1, -0.05) is 0 Å². The molecule has 0 saturated carbocycles. The first kappa shape index (κ1) is 15.3. The van der Waals surface area contributed by atoms with Crippen LogP contribution >= 0.6 is 0 Å². The number of hydrogen-bond donors (Lipinski definition) is 1. The van der Waals surface area contributed by atoms with E-state index in [4.69, 9.17) is 5.11 Å². The summed E-state index contributed by atoms with van der Waals surface area (Å²) in [7, 11) is 2.25. The molecule has 0 aromatic heterocycles. The van der Waals surface area contributed by atoms with Gasteiger partial charge in [-0.05, 0) is 0 Å². The van der Waals surface area contributed by atoms with Crippen LogP contribution in [-0.2, 0) is 29.8 Å². The normalized spacial score (nSPS) is 9.29. The molecule has 0 fully saturated rings. The molecular weight excluding hydrogens is 358 g/mol. The molecule has 1 aliphatic rings. The van der Waals surface area contributed by atoms with E-state index < -0.39 is 15.4 Å². The summed E-state index contributed by atoms with van der Waals surface area (Å²) in [5, 5.41) is 6.75. The SMILES string of the molecule is O=[C]=[Re](=[C]=O)=[C]=O.[C-]1=CC=CC1.[CH2-]O. The van der Waals surface area contributed by atoms with Gasteiger partial charge in [0.05, 0.1) is 0 Å². The zero-order chi connectivity index (χ0) is 11.2. The fourth-order valence-corrected chi connectivity index (χ4v) is 0.727. The van der Waals surface area contributed by atoms with Crippen LogP contribution in [0.1, 0.15) is 6.42 Å². The van der Waals surface area contributed by atoms with Crippen molar-refractivity contribution >= 4 is 13.1 Å². The van der Waals surface area contributed by atoms with Gasteiger partial charge < -0.3 is 5.11 Å². The molecule has 0 aliphatic heterocycles. The summed E-state index contributed by atoms with van der Waals surface area (Å²) in [5.74, 6) is 0. The van der Waals surface area contributed by atoms with Gasteiger partial charge in [-0.3, -0.25) is 6.08 Å². The Morgan fingerprint density at radius 2 is 1.71 bits per heavy atom. The van der Waals surface area contributed by atoms with Crippen LogP contribution in [0.15, 0.2) is 18.2 Å². The molecule has 1 N–H and O–H groups in total. The van der Waals surface area contributed by atoms with Crippen LogP contribution in [0.3, 0.4) is 0 Å². The fourth-order valence-electron chi connectivity index (χ4n) is 0.387. The van der Waals surface area contributed by atoms with Gasteiger partial charge >= 0.3 is 42.8 Å². The molecule has 5 heteroatoms. The van der Waals surface area contributed by atoms with Crippen LogP contribution in [0.2, 0.25) is 0 Å². The number of hydrogen-bond acceptors (Lipinski definition) is 4. The van der Waals surface area contributed by atoms with E-state index in [2.05, 4.69) is 19.3 Å². The molecule has 14 heavy (non-hydrogen) atoms. The van der Waals surface area contributed by atoms with Crippen molar-refractivity contribution in [3.63, 3.8) is 0 Å². The molecule has 0 aromatic rings. The summed E-state index contributed by atoms with van der Waals surface area (Å²) >= 11 is -2.97. The Kier molecular flexibility index (Phi) is 15.7. The fraction of sp³-hybridized carbons (Fsp3) is 0.111. The van der Waals surface area contributed by atoms with Crippen molar-refractivity contribution in [2.45, 2.75) is 6.42 Å². The molecule has 0 amide bonds. The van der Waals surface area contributed by atoms with Gasteiger partial charge in [-0.2, -0.15) is 6.08 Å². The Bertz CT molecular complexity index is 343. The van der Waals surface area contributed by atoms with Crippen molar-refractivity contribution in [1.82, 2.24) is 0 Å². The topological polar surface area (TPSA) is 71.4 Å². The molecule has 0 aromatic carbocycles. The van der Waals surface area contributed by atoms with E-state index in [1.54, 1.807) is 0 Å². The van der Waals surface area contributed by atoms with E-state index in [1.165, 1.54) is 13.1 Å². The predicted molar refractivity (Wildman–Crippen MR) is 45.9 cm³/mol. The number of rotatable bonds is 0. The smallest absolute Gasteiger partial charge is 0.109 e. The number of carbonyl (C=O) groups excluding carboxylic acids is 3. The molecule has 4 nitrogen and oxygen atoms in total. The van der Waals surface area contributed by atoms with Gasteiger partial charge in [0.1, 0.15) is 0 Å². The third-order valence-electron chi connectivity index (χ3n) is 0.817. The van der Waals surface area contributed by atoms with Crippen LogP contribution < -0.4 is 0 Å². The summed E-state index contributed by atoms with van der Waals surface area (Å²) < 4.78 is 3.87. The van der Waals surface area contributed by atoms with E-state index in [0.29, 0.717) is 0 Å². The second kappa shape index (κ2) is 14.4. The average Bonchev–Trinajstić information content (AvgIpc) is 2.82. The molecule has 77 valence electrons. The van der Waals surface area contributed by atoms with Crippen LogP contribution in [0, 0.1) is 13.2 Å². The second-order valence-electron chi connectivity index (χ2n) is 1.52. The Balaban J connectivity index is 0. The second-order valence-corrected chi connectivity index (χ2v) is 5.22. The van der Waals surface area contributed by atoms with E-state index in [9.17, 15) is 14.4 Å². The van der Waals surface area contributed by atoms with Crippen molar-refractivity contribution in [3.8, 4) is 0 Å². The number of aliphatic hydroxyl groups is 1. The van der Waals surface area contributed by atoms with Gasteiger partial charge in [-0.25, -0.2) is 19.3 Å². The van der Waals surface area contributed by atoms with Gasteiger partial charge in [0, 0.05) is 0 Å². The first-order valence-electron chi connectivity index (χ1n) is 3.21. The van der Waals surface area contributed by atoms with E-state index in [0.717, 1.165) is 6.42 Å². The Morgan fingerprint density at radius 1 is 1.21 bits per heavy atom. The van der Waals surface area contributed by atoms with Crippen molar-refractivity contribution in [3.05, 3.63) is 31.4 Å². The van der Waals surface area contributed by atoms with Gasteiger partial charge in [0.15, 0.2) is 0 Å². The Hall–Kier alpha value is -1.16. The molecule has 0 atom stereocenters. The zero-order valence-corrected chi connectivity index (χ0v) is 9.91. The number of aliphatic hydroxyl groups excluding tert-OH is 1. The predicted octanol–water partition coefficient (Wildman–Crippen LogP) is 0.262. The maximum atomic E-state index is 9.40. The summed E-state index contributed by atoms with van der Waals surface area (Å²) in [6.07, 6.45) is 10.0. The molecule has 0 spiro atoms. The molecule has 0 unspecified atom stereocenters. The maximum Gasteiger partial charge on any atom is -0.109 e. The summed E-state index contributed by atoms with van der Waals surface area (Å²) in [4.78, 5) is 28.2. The first-order chi connectivity index (χ1) is 6.85. The van der Waals surface area contributed by atoms with Crippen LogP contribution in [-0.4, -0.2) is 18.2 Å². The van der Waals surface area contributed by atoms with E-state index in [-0.39, 0.29) is 0 Å². The van der Waals surface area contributed by atoms with Crippen molar-refractivity contribution < 1.29 is 34.9 Å². The molecule has 0 saturated heterocycles. The zero-order valence-electron chi connectivity index (χ0n) is 7.20. The van der Waals surface area contributed by atoms with Gasteiger partial charge in [0.25, 0.3) is 0 Å². The van der Waals surface area contributed by atoms with E-state index in [1.807, 2.05) is 12.2 Å².